The average molecular weight is 468 g/mol. The fraction of sp³-hybridized carbons (Fsp3) is 0.500. The number of carbonyl (C=O) groups is 1. The van der Waals surface area contributed by atoms with Gasteiger partial charge in [0.2, 0.25) is 0 Å². The highest BCUT2D eigenvalue weighted by molar-refractivity contribution is 6.33. The Labute approximate surface area is 203 Å². The molecule has 4 nitrogen and oxygen atoms in total. The van der Waals surface area contributed by atoms with Gasteiger partial charge in [-0.1, -0.05) is 101 Å². The van der Waals surface area contributed by atoms with Crippen LogP contribution in [0, 0.1) is 0 Å². The van der Waals surface area contributed by atoms with Crippen molar-refractivity contribution in [2.24, 2.45) is 0 Å². The van der Waals surface area contributed by atoms with E-state index in [9.17, 15) is 4.79 Å². The van der Waals surface area contributed by atoms with Gasteiger partial charge < -0.3 is 9.88 Å². The van der Waals surface area contributed by atoms with Crippen LogP contribution in [0.15, 0.2) is 48.5 Å². The van der Waals surface area contributed by atoms with E-state index < -0.39 is 0 Å². The number of amides is 1. The van der Waals surface area contributed by atoms with E-state index >= 15 is 0 Å². The minimum absolute atomic E-state index is 0.141. The number of imidazole rings is 1. The molecule has 0 spiro atoms. The Bertz CT molecular complexity index is 998. The summed E-state index contributed by atoms with van der Waals surface area (Å²) in [7, 11) is 0. The van der Waals surface area contributed by atoms with Crippen LogP contribution < -0.4 is 5.32 Å². The van der Waals surface area contributed by atoms with Crippen molar-refractivity contribution in [3.63, 3.8) is 0 Å². The first-order valence-corrected chi connectivity index (χ1v) is 13.1. The van der Waals surface area contributed by atoms with E-state index in [2.05, 4.69) is 35.0 Å². The predicted octanol–water partition coefficient (Wildman–Crippen LogP) is 7.58. The first-order valence-electron chi connectivity index (χ1n) is 12.7. The number of aryl methyl sites for hydroxylation is 1. The number of nitrogens with zero attached hydrogens (tertiary/aromatic N) is 2. The van der Waals surface area contributed by atoms with Gasteiger partial charge in [0.15, 0.2) is 0 Å². The topological polar surface area (TPSA) is 46.9 Å². The molecule has 5 heteroatoms. The van der Waals surface area contributed by atoms with Crippen molar-refractivity contribution in [1.82, 2.24) is 14.9 Å². The summed E-state index contributed by atoms with van der Waals surface area (Å²) in [6.45, 7) is 3.78. The monoisotopic (exact) mass is 467 g/mol. The fourth-order valence-corrected chi connectivity index (χ4v) is 4.57. The van der Waals surface area contributed by atoms with Crippen LogP contribution in [0.2, 0.25) is 5.02 Å². The molecule has 3 aromatic rings. The smallest absolute Gasteiger partial charge is 0.252 e. The number of carbonyl (C=O) groups excluding carboxylic acids is 1. The molecule has 0 aliphatic heterocycles. The first-order chi connectivity index (χ1) is 16.2. The molecule has 0 radical (unpaired) electrons. The van der Waals surface area contributed by atoms with Gasteiger partial charge in [-0.05, 0) is 30.7 Å². The maximum Gasteiger partial charge on any atom is 0.252 e. The van der Waals surface area contributed by atoms with Gasteiger partial charge in [-0.2, -0.15) is 0 Å². The van der Waals surface area contributed by atoms with E-state index in [0.29, 0.717) is 23.6 Å². The highest BCUT2D eigenvalue weighted by Crippen LogP contribution is 2.19. The van der Waals surface area contributed by atoms with Crippen molar-refractivity contribution in [3.8, 4) is 0 Å². The van der Waals surface area contributed by atoms with Gasteiger partial charge in [0.25, 0.3) is 5.91 Å². The number of fused-ring (bicyclic) bond motifs is 1. The van der Waals surface area contributed by atoms with Crippen LogP contribution >= 0.6 is 11.6 Å². The van der Waals surface area contributed by atoms with Crippen LogP contribution in [0.1, 0.15) is 87.3 Å². The minimum Gasteiger partial charge on any atom is -0.352 e. The Morgan fingerprint density at radius 2 is 1.52 bits per heavy atom. The molecule has 0 aliphatic rings. The molecule has 0 bridgehead atoms. The summed E-state index contributed by atoms with van der Waals surface area (Å²) >= 11 is 6.15. The summed E-state index contributed by atoms with van der Waals surface area (Å²) in [5, 5.41) is 3.47. The molecule has 1 N–H and O–H groups in total. The Morgan fingerprint density at radius 1 is 0.879 bits per heavy atom. The van der Waals surface area contributed by atoms with Gasteiger partial charge in [0.1, 0.15) is 5.82 Å². The summed E-state index contributed by atoms with van der Waals surface area (Å²) < 4.78 is 2.34. The Balaban J connectivity index is 1.47. The van der Waals surface area contributed by atoms with Crippen LogP contribution in [-0.2, 0) is 13.0 Å². The third-order valence-corrected chi connectivity index (χ3v) is 6.55. The molecule has 0 fully saturated rings. The number of hydrogen-bond donors (Lipinski definition) is 1. The Kier molecular flexibility index (Phi) is 10.8. The number of nitrogens with one attached hydrogen (secondary N) is 1. The standard InChI is InChI=1S/C28H38ClN3O/c1-2-3-4-5-6-7-8-9-10-15-22-32-26-19-14-13-18-25(26)31-27(32)20-21-30-28(33)23-16-11-12-17-24(23)29/h11-14,16-19H,2-10,15,20-22H2,1H3,(H,30,33). The van der Waals surface area contributed by atoms with E-state index in [0.717, 1.165) is 24.3 Å². The van der Waals surface area contributed by atoms with Crippen LogP contribution in [0.25, 0.3) is 11.0 Å². The summed E-state index contributed by atoms with van der Waals surface area (Å²) in [6, 6.07) is 15.5. The first kappa shape index (κ1) is 25.3. The van der Waals surface area contributed by atoms with Crippen molar-refractivity contribution >= 4 is 28.5 Å². The number of aromatic nitrogens is 2. The molecule has 0 aliphatic carbocycles. The van der Waals surface area contributed by atoms with Crippen LogP contribution in [-0.4, -0.2) is 22.0 Å². The number of rotatable bonds is 15. The SMILES string of the molecule is CCCCCCCCCCCCn1c(CCNC(=O)c2ccccc2Cl)nc2ccccc21. The number of halogens is 1. The van der Waals surface area contributed by atoms with Crippen molar-refractivity contribution in [2.45, 2.75) is 84.1 Å². The normalized spacial score (nSPS) is 11.2. The quantitative estimate of drug-likeness (QED) is 0.234. The fourth-order valence-electron chi connectivity index (χ4n) is 4.35. The number of para-hydroxylation sites is 2. The summed E-state index contributed by atoms with van der Waals surface area (Å²) in [4.78, 5) is 17.3. The zero-order valence-corrected chi connectivity index (χ0v) is 20.7. The van der Waals surface area contributed by atoms with Crippen molar-refractivity contribution in [1.29, 1.82) is 0 Å². The summed E-state index contributed by atoms with van der Waals surface area (Å²) in [5.41, 5.74) is 2.72. The molecular weight excluding hydrogens is 430 g/mol. The Morgan fingerprint density at radius 3 is 2.24 bits per heavy atom. The third kappa shape index (κ3) is 7.89. The second kappa shape index (κ2) is 14.0. The summed E-state index contributed by atoms with van der Waals surface area (Å²) in [6.07, 6.45) is 14.0. The molecule has 33 heavy (non-hydrogen) atoms. The van der Waals surface area contributed by atoms with Crippen molar-refractivity contribution in [3.05, 3.63) is 64.9 Å². The minimum atomic E-state index is -0.141. The van der Waals surface area contributed by atoms with E-state index in [1.807, 2.05) is 18.2 Å². The van der Waals surface area contributed by atoms with Gasteiger partial charge >= 0.3 is 0 Å². The molecule has 2 aromatic carbocycles. The van der Waals surface area contributed by atoms with Gasteiger partial charge in [-0.3, -0.25) is 4.79 Å². The van der Waals surface area contributed by atoms with Crippen molar-refractivity contribution in [2.75, 3.05) is 6.54 Å². The maximum absolute atomic E-state index is 12.5. The average Bonchev–Trinajstić information content (AvgIpc) is 3.18. The molecule has 0 atom stereocenters. The molecule has 3 rings (SSSR count). The summed E-state index contributed by atoms with van der Waals surface area (Å²) in [5.74, 6) is 0.893. The lowest BCUT2D eigenvalue weighted by Gasteiger charge is -2.10. The van der Waals surface area contributed by atoms with E-state index in [1.165, 1.54) is 63.3 Å². The lowest BCUT2D eigenvalue weighted by molar-refractivity contribution is 0.0954. The second-order valence-electron chi connectivity index (χ2n) is 8.84. The van der Waals surface area contributed by atoms with E-state index in [1.54, 1.807) is 12.1 Å². The van der Waals surface area contributed by atoms with Crippen LogP contribution in [0.5, 0.6) is 0 Å². The number of unbranched alkanes of at least 4 members (excludes halogenated alkanes) is 9. The van der Waals surface area contributed by atoms with Gasteiger partial charge in [-0.15, -0.1) is 0 Å². The van der Waals surface area contributed by atoms with E-state index in [4.69, 9.17) is 16.6 Å². The molecule has 1 heterocycles. The lowest BCUT2D eigenvalue weighted by atomic mass is 10.1. The zero-order valence-electron chi connectivity index (χ0n) is 20.0. The molecular formula is C28H38ClN3O. The highest BCUT2D eigenvalue weighted by Gasteiger charge is 2.12. The van der Waals surface area contributed by atoms with Crippen molar-refractivity contribution < 1.29 is 4.79 Å². The van der Waals surface area contributed by atoms with Crippen LogP contribution in [0.3, 0.4) is 0 Å². The number of hydrogen-bond acceptors (Lipinski definition) is 2. The van der Waals surface area contributed by atoms with Crippen LogP contribution in [0.4, 0.5) is 0 Å². The van der Waals surface area contributed by atoms with E-state index in [-0.39, 0.29) is 5.91 Å². The zero-order chi connectivity index (χ0) is 23.3. The largest absolute Gasteiger partial charge is 0.352 e. The lowest BCUT2D eigenvalue weighted by Crippen LogP contribution is -2.26. The molecule has 0 saturated carbocycles. The maximum atomic E-state index is 12.5. The second-order valence-corrected chi connectivity index (χ2v) is 9.24. The molecule has 178 valence electrons. The third-order valence-electron chi connectivity index (χ3n) is 6.22. The van der Waals surface area contributed by atoms with Gasteiger partial charge in [0.05, 0.1) is 21.6 Å². The molecule has 0 saturated heterocycles. The highest BCUT2D eigenvalue weighted by atomic mass is 35.5. The molecule has 1 amide bonds. The Hall–Kier alpha value is -2.33. The number of benzene rings is 2. The van der Waals surface area contributed by atoms with Gasteiger partial charge in [0, 0.05) is 19.5 Å². The predicted molar refractivity (Wildman–Crippen MR) is 139 cm³/mol. The van der Waals surface area contributed by atoms with Gasteiger partial charge in [-0.25, -0.2) is 4.98 Å². The molecule has 0 unspecified atom stereocenters. The molecule has 1 aromatic heterocycles.